The molecule has 2 unspecified atom stereocenters. The minimum Gasteiger partial charge on any atom is -0.352 e. The molecule has 1 fully saturated rings. The first-order valence-corrected chi connectivity index (χ1v) is 10.0. The molecule has 1 aliphatic rings. The number of nitrogens with one attached hydrogen (secondary N) is 1. The van der Waals surface area contributed by atoms with Crippen LogP contribution in [-0.4, -0.2) is 29.8 Å². The van der Waals surface area contributed by atoms with E-state index >= 15 is 0 Å². The number of benzene rings is 3. The second kappa shape index (κ2) is 8.91. The molecule has 0 aliphatic carbocycles. The fraction of sp³-hybridized carbons (Fsp3) is 0.200. The van der Waals surface area contributed by atoms with Gasteiger partial charge >= 0.3 is 0 Å². The lowest BCUT2D eigenvalue weighted by molar-refractivity contribution is -0.125. The van der Waals surface area contributed by atoms with Gasteiger partial charge in [-0.15, -0.1) is 0 Å². The molecule has 2 amide bonds. The van der Waals surface area contributed by atoms with E-state index in [1.807, 2.05) is 54.6 Å². The smallest absolute Gasteiger partial charge is 0.253 e. The minimum absolute atomic E-state index is 0.115. The van der Waals surface area contributed by atoms with Crippen molar-refractivity contribution in [1.82, 2.24) is 10.2 Å². The highest BCUT2D eigenvalue weighted by Crippen LogP contribution is 2.34. The van der Waals surface area contributed by atoms with Crippen molar-refractivity contribution >= 4 is 11.8 Å². The number of likely N-dealkylation sites (tertiary alicyclic amines) is 1. The van der Waals surface area contributed by atoms with Crippen LogP contribution in [0, 0.1) is 11.7 Å². The van der Waals surface area contributed by atoms with Gasteiger partial charge in [-0.2, -0.15) is 0 Å². The first-order valence-electron chi connectivity index (χ1n) is 10.0. The minimum atomic E-state index is -0.442. The third-order valence-corrected chi connectivity index (χ3v) is 5.55. The van der Waals surface area contributed by atoms with Crippen molar-refractivity contribution in [1.29, 1.82) is 0 Å². The van der Waals surface area contributed by atoms with Crippen molar-refractivity contribution in [2.75, 3.05) is 13.1 Å². The zero-order chi connectivity index (χ0) is 20.9. The van der Waals surface area contributed by atoms with Crippen molar-refractivity contribution in [3.8, 4) is 0 Å². The Morgan fingerprint density at radius 2 is 1.60 bits per heavy atom. The fourth-order valence-electron chi connectivity index (χ4n) is 3.99. The third kappa shape index (κ3) is 4.40. The number of amides is 2. The molecule has 1 N–H and O–H groups in total. The van der Waals surface area contributed by atoms with Gasteiger partial charge in [0.1, 0.15) is 5.82 Å². The summed E-state index contributed by atoms with van der Waals surface area (Å²) in [6, 6.07) is 25.0. The van der Waals surface area contributed by atoms with Gasteiger partial charge in [0.25, 0.3) is 5.91 Å². The fourth-order valence-corrected chi connectivity index (χ4v) is 3.99. The average molecular weight is 402 g/mol. The van der Waals surface area contributed by atoms with E-state index in [0.717, 1.165) is 11.1 Å². The van der Waals surface area contributed by atoms with E-state index in [0.29, 0.717) is 25.2 Å². The van der Waals surface area contributed by atoms with Crippen molar-refractivity contribution in [2.24, 2.45) is 5.92 Å². The van der Waals surface area contributed by atoms with Crippen LogP contribution in [0.5, 0.6) is 0 Å². The molecule has 0 radical (unpaired) electrons. The van der Waals surface area contributed by atoms with Crippen LogP contribution in [-0.2, 0) is 11.3 Å². The maximum atomic E-state index is 13.9. The SMILES string of the molecule is O=C(NCc1ccccc1)C1CN(C(=O)c2ccccc2)CC1c1cccc(F)c1. The lowest BCUT2D eigenvalue weighted by atomic mass is 9.88. The van der Waals surface area contributed by atoms with Crippen LogP contribution in [0.15, 0.2) is 84.9 Å². The second-order valence-electron chi connectivity index (χ2n) is 7.55. The summed E-state index contributed by atoms with van der Waals surface area (Å²) in [6.07, 6.45) is 0. The number of hydrogen-bond donors (Lipinski definition) is 1. The Morgan fingerprint density at radius 1 is 0.900 bits per heavy atom. The molecule has 1 heterocycles. The predicted octanol–water partition coefficient (Wildman–Crippen LogP) is 4.00. The molecule has 3 aromatic carbocycles. The summed E-state index contributed by atoms with van der Waals surface area (Å²) in [6.45, 7) is 1.09. The normalized spacial score (nSPS) is 18.2. The Morgan fingerprint density at radius 3 is 2.30 bits per heavy atom. The van der Waals surface area contributed by atoms with Gasteiger partial charge in [0.2, 0.25) is 5.91 Å². The van der Waals surface area contributed by atoms with Gasteiger partial charge < -0.3 is 10.2 Å². The van der Waals surface area contributed by atoms with Gasteiger partial charge in [0.05, 0.1) is 5.92 Å². The van der Waals surface area contributed by atoms with Crippen LogP contribution in [0.25, 0.3) is 0 Å². The van der Waals surface area contributed by atoms with Crippen molar-refractivity contribution < 1.29 is 14.0 Å². The molecular weight excluding hydrogens is 379 g/mol. The highest BCUT2D eigenvalue weighted by Gasteiger charge is 2.40. The highest BCUT2D eigenvalue weighted by atomic mass is 19.1. The average Bonchev–Trinajstić information content (AvgIpc) is 3.24. The van der Waals surface area contributed by atoms with Gasteiger partial charge in [0, 0.05) is 31.1 Å². The van der Waals surface area contributed by atoms with Crippen LogP contribution in [0.3, 0.4) is 0 Å². The highest BCUT2D eigenvalue weighted by molar-refractivity contribution is 5.95. The van der Waals surface area contributed by atoms with Crippen LogP contribution in [0.4, 0.5) is 4.39 Å². The van der Waals surface area contributed by atoms with Crippen molar-refractivity contribution in [3.63, 3.8) is 0 Å². The Hall–Kier alpha value is -3.47. The predicted molar refractivity (Wildman–Crippen MR) is 113 cm³/mol. The van der Waals surface area contributed by atoms with E-state index in [1.54, 1.807) is 23.1 Å². The molecule has 0 saturated carbocycles. The number of carbonyl (C=O) groups is 2. The largest absolute Gasteiger partial charge is 0.352 e. The maximum absolute atomic E-state index is 13.9. The first kappa shape index (κ1) is 19.8. The molecule has 0 bridgehead atoms. The quantitative estimate of drug-likeness (QED) is 0.701. The molecule has 3 aromatic rings. The van der Waals surface area contributed by atoms with Crippen LogP contribution in [0.2, 0.25) is 0 Å². The van der Waals surface area contributed by atoms with Gasteiger partial charge in [-0.25, -0.2) is 4.39 Å². The van der Waals surface area contributed by atoms with E-state index in [2.05, 4.69) is 5.32 Å². The monoisotopic (exact) mass is 402 g/mol. The van der Waals surface area contributed by atoms with Crippen LogP contribution >= 0.6 is 0 Å². The lowest BCUT2D eigenvalue weighted by Crippen LogP contribution is -2.35. The first-order chi connectivity index (χ1) is 14.6. The summed E-state index contributed by atoms with van der Waals surface area (Å²) < 4.78 is 13.9. The van der Waals surface area contributed by atoms with E-state index in [1.165, 1.54) is 12.1 Å². The molecule has 1 saturated heterocycles. The standard InChI is InChI=1S/C25H23FN2O2/c26-21-13-7-12-20(14-21)22-16-28(25(30)19-10-5-2-6-11-19)17-23(22)24(29)27-15-18-8-3-1-4-9-18/h1-14,22-23H,15-17H2,(H,27,29). The number of rotatable bonds is 5. The molecule has 0 aromatic heterocycles. The summed E-state index contributed by atoms with van der Waals surface area (Å²) in [5.41, 5.74) is 2.32. The third-order valence-electron chi connectivity index (χ3n) is 5.55. The second-order valence-corrected chi connectivity index (χ2v) is 7.55. The molecule has 1 aliphatic heterocycles. The van der Waals surface area contributed by atoms with Crippen LogP contribution < -0.4 is 5.32 Å². The summed E-state index contributed by atoms with van der Waals surface area (Å²) in [5.74, 6) is -1.29. The summed E-state index contributed by atoms with van der Waals surface area (Å²) in [4.78, 5) is 27.7. The number of carbonyl (C=O) groups excluding carboxylic acids is 2. The van der Waals surface area contributed by atoms with Crippen molar-refractivity contribution in [3.05, 3.63) is 107 Å². The topological polar surface area (TPSA) is 49.4 Å². The van der Waals surface area contributed by atoms with Gasteiger partial charge in [-0.05, 0) is 35.4 Å². The number of nitrogens with zero attached hydrogens (tertiary/aromatic N) is 1. The van der Waals surface area contributed by atoms with E-state index in [-0.39, 0.29) is 23.5 Å². The molecule has 30 heavy (non-hydrogen) atoms. The molecule has 4 rings (SSSR count). The maximum Gasteiger partial charge on any atom is 0.253 e. The Bertz CT molecular complexity index is 1020. The molecule has 5 heteroatoms. The summed E-state index contributed by atoms with van der Waals surface area (Å²) >= 11 is 0. The number of halogens is 1. The Kier molecular flexibility index (Phi) is 5.89. The molecule has 4 nitrogen and oxygen atoms in total. The van der Waals surface area contributed by atoms with E-state index < -0.39 is 5.92 Å². The lowest BCUT2D eigenvalue weighted by Gasteiger charge is -2.18. The number of hydrogen-bond acceptors (Lipinski definition) is 2. The van der Waals surface area contributed by atoms with Gasteiger partial charge in [-0.3, -0.25) is 9.59 Å². The van der Waals surface area contributed by atoms with Gasteiger partial charge in [-0.1, -0.05) is 60.7 Å². The van der Waals surface area contributed by atoms with Crippen LogP contribution in [0.1, 0.15) is 27.4 Å². The Labute approximate surface area is 175 Å². The Balaban J connectivity index is 1.55. The zero-order valence-electron chi connectivity index (χ0n) is 16.5. The van der Waals surface area contributed by atoms with Crippen molar-refractivity contribution in [2.45, 2.75) is 12.5 Å². The van der Waals surface area contributed by atoms with E-state index in [9.17, 15) is 14.0 Å². The molecular formula is C25H23FN2O2. The molecule has 152 valence electrons. The summed E-state index contributed by atoms with van der Waals surface area (Å²) in [5, 5.41) is 2.98. The van der Waals surface area contributed by atoms with E-state index in [4.69, 9.17) is 0 Å². The van der Waals surface area contributed by atoms with Gasteiger partial charge in [0.15, 0.2) is 0 Å². The summed E-state index contributed by atoms with van der Waals surface area (Å²) in [7, 11) is 0. The molecule has 2 atom stereocenters. The molecule has 0 spiro atoms. The zero-order valence-corrected chi connectivity index (χ0v) is 16.5.